The van der Waals surface area contributed by atoms with Crippen molar-refractivity contribution in [2.75, 3.05) is 5.73 Å². The molecule has 0 saturated heterocycles. The third kappa shape index (κ3) is 1.45. The highest BCUT2D eigenvalue weighted by Crippen LogP contribution is 2.22. The summed E-state index contributed by atoms with van der Waals surface area (Å²) in [5, 5.41) is 0. The largest absolute Gasteiger partial charge is 0.405 e. The van der Waals surface area contributed by atoms with Crippen LogP contribution in [0.2, 0.25) is 0 Å². The molecule has 0 aliphatic rings. The maximum absolute atomic E-state index is 9.95. The molecule has 0 heterocycles. The highest BCUT2D eigenvalue weighted by atomic mass is 31.1. The maximum atomic E-state index is 9.95. The number of rotatable bonds is 2. The van der Waals surface area contributed by atoms with E-state index in [1.807, 2.05) is 0 Å². The lowest BCUT2D eigenvalue weighted by atomic mass is 10.3. The number of anilines is 1. The van der Waals surface area contributed by atoms with Crippen LogP contribution in [0.25, 0.3) is 0 Å². The minimum absolute atomic E-state index is 0.380. The molecule has 4 heteroatoms. The first-order valence-corrected chi connectivity index (χ1v) is 3.42. The van der Waals surface area contributed by atoms with E-state index in [1.165, 1.54) is 0 Å². The summed E-state index contributed by atoms with van der Waals surface area (Å²) < 4.78 is 14.6. The predicted molar refractivity (Wildman–Crippen MR) is 39.1 cm³/mol. The topological polar surface area (TPSA) is 52.3 Å². The number of nitrogen functional groups attached to an aromatic ring is 1. The Morgan fingerprint density at radius 3 is 2.70 bits per heavy atom. The van der Waals surface area contributed by atoms with E-state index in [0.29, 0.717) is 11.4 Å². The highest BCUT2D eigenvalue weighted by molar-refractivity contribution is 7.17. The van der Waals surface area contributed by atoms with Crippen LogP contribution in [0.4, 0.5) is 5.69 Å². The van der Waals surface area contributed by atoms with Gasteiger partial charge < -0.3 is 10.3 Å². The van der Waals surface area contributed by atoms with Crippen molar-refractivity contribution in [1.82, 2.24) is 0 Å². The first-order chi connectivity index (χ1) is 4.84. The van der Waals surface area contributed by atoms with Gasteiger partial charge in [0, 0.05) is 0 Å². The molecule has 1 rings (SSSR count). The van der Waals surface area contributed by atoms with Gasteiger partial charge in [0.1, 0.15) is 0 Å². The standard InChI is InChI=1S/C6H6NO2P/c7-5-3-1-2-4-6(5)9-10-8/h1-4H,7H2. The fourth-order valence-electron chi connectivity index (χ4n) is 0.604. The summed E-state index contributed by atoms with van der Waals surface area (Å²) in [5.41, 5.74) is 5.93. The van der Waals surface area contributed by atoms with Crippen LogP contribution in [0.3, 0.4) is 0 Å². The number of para-hydroxylation sites is 2. The SMILES string of the molecule is Nc1ccccc1OP=O. The van der Waals surface area contributed by atoms with Crippen molar-refractivity contribution in [3.63, 3.8) is 0 Å². The molecule has 0 aromatic heterocycles. The van der Waals surface area contributed by atoms with Gasteiger partial charge in [0.15, 0.2) is 5.75 Å². The first-order valence-electron chi connectivity index (χ1n) is 2.69. The van der Waals surface area contributed by atoms with Gasteiger partial charge in [0.2, 0.25) is 0 Å². The van der Waals surface area contributed by atoms with Crippen molar-refractivity contribution in [2.24, 2.45) is 0 Å². The van der Waals surface area contributed by atoms with Gasteiger partial charge in [-0.3, -0.25) is 0 Å². The lowest BCUT2D eigenvalue weighted by Crippen LogP contribution is -1.86. The molecule has 2 N–H and O–H groups in total. The molecule has 0 spiro atoms. The lowest BCUT2D eigenvalue weighted by Gasteiger charge is -1.97. The average Bonchev–Trinajstić information content (AvgIpc) is 1.94. The van der Waals surface area contributed by atoms with E-state index in [4.69, 9.17) is 5.73 Å². The third-order valence-electron chi connectivity index (χ3n) is 1.05. The van der Waals surface area contributed by atoms with E-state index in [-0.39, 0.29) is 8.69 Å². The monoisotopic (exact) mass is 155 g/mol. The van der Waals surface area contributed by atoms with Crippen molar-refractivity contribution < 1.29 is 9.09 Å². The van der Waals surface area contributed by atoms with Gasteiger partial charge in [0.05, 0.1) is 5.69 Å². The Morgan fingerprint density at radius 2 is 2.10 bits per heavy atom. The van der Waals surface area contributed by atoms with Gasteiger partial charge in [-0.05, 0) is 12.1 Å². The van der Waals surface area contributed by atoms with E-state index >= 15 is 0 Å². The second-order valence-corrected chi connectivity index (χ2v) is 2.04. The van der Waals surface area contributed by atoms with Gasteiger partial charge in [-0.1, -0.05) is 12.1 Å². The average molecular weight is 155 g/mol. The molecule has 0 radical (unpaired) electrons. The molecule has 0 aliphatic carbocycles. The Bertz CT molecular complexity index is 239. The minimum Gasteiger partial charge on any atom is -0.405 e. The van der Waals surface area contributed by atoms with Crippen molar-refractivity contribution in [3.05, 3.63) is 24.3 Å². The summed E-state index contributed by atoms with van der Waals surface area (Å²) in [7, 11) is -0.380. The van der Waals surface area contributed by atoms with E-state index in [2.05, 4.69) is 4.52 Å². The van der Waals surface area contributed by atoms with Gasteiger partial charge in [-0.25, -0.2) is 4.57 Å². The Kier molecular flexibility index (Phi) is 2.24. The summed E-state index contributed by atoms with van der Waals surface area (Å²) in [6.07, 6.45) is 0. The van der Waals surface area contributed by atoms with E-state index in [9.17, 15) is 4.57 Å². The summed E-state index contributed by atoms with van der Waals surface area (Å²) in [6.45, 7) is 0. The first kappa shape index (κ1) is 7.03. The van der Waals surface area contributed by atoms with Crippen LogP contribution < -0.4 is 10.3 Å². The highest BCUT2D eigenvalue weighted by Gasteiger charge is 1.95. The number of nitrogens with two attached hydrogens (primary N) is 1. The quantitative estimate of drug-likeness (QED) is 0.523. The second kappa shape index (κ2) is 3.18. The van der Waals surface area contributed by atoms with Crippen LogP contribution in [0, 0.1) is 0 Å². The summed E-state index contributed by atoms with van der Waals surface area (Å²) >= 11 is 0. The van der Waals surface area contributed by atoms with Crippen LogP contribution >= 0.6 is 8.69 Å². The third-order valence-corrected chi connectivity index (χ3v) is 1.33. The van der Waals surface area contributed by atoms with E-state index in [0.717, 1.165) is 0 Å². The fourth-order valence-corrected chi connectivity index (χ4v) is 0.850. The van der Waals surface area contributed by atoms with Crippen LogP contribution in [0.15, 0.2) is 24.3 Å². The zero-order chi connectivity index (χ0) is 7.40. The Morgan fingerprint density at radius 1 is 1.40 bits per heavy atom. The van der Waals surface area contributed by atoms with Crippen molar-refractivity contribution in [1.29, 1.82) is 0 Å². The number of benzene rings is 1. The Balaban J connectivity index is 2.91. The summed E-state index contributed by atoms with van der Waals surface area (Å²) in [4.78, 5) is 0. The number of hydrogen-bond donors (Lipinski definition) is 1. The van der Waals surface area contributed by atoms with Crippen molar-refractivity contribution in [3.8, 4) is 5.75 Å². The van der Waals surface area contributed by atoms with Gasteiger partial charge in [-0.2, -0.15) is 0 Å². The molecule has 10 heavy (non-hydrogen) atoms. The maximum Gasteiger partial charge on any atom is 0.395 e. The molecule has 0 unspecified atom stereocenters. The molecular weight excluding hydrogens is 149 g/mol. The Hall–Kier alpha value is -1.08. The zero-order valence-electron chi connectivity index (χ0n) is 5.15. The Labute approximate surface area is 60.1 Å². The van der Waals surface area contributed by atoms with Gasteiger partial charge in [0.25, 0.3) is 0 Å². The molecule has 0 amide bonds. The van der Waals surface area contributed by atoms with Crippen LogP contribution in [-0.2, 0) is 4.57 Å². The van der Waals surface area contributed by atoms with Crippen LogP contribution in [0.1, 0.15) is 0 Å². The van der Waals surface area contributed by atoms with Gasteiger partial charge >= 0.3 is 8.69 Å². The molecule has 3 nitrogen and oxygen atoms in total. The van der Waals surface area contributed by atoms with E-state index in [1.54, 1.807) is 24.3 Å². The summed E-state index contributed by atoms with van der Waals surface area (Å²) in [6, 6.07) is 6.88. The van der Waals surface area contributed by atoms with Crippen molar-refractivity contribution in [2.45, 2.75) is 0 Å². The molecule has 0 bridgehead atoms. The zero-order valence-corrected chi connectivity index (χ0v) is 6.04. The molecule has 1 aromatic rings. The lowest BCUT2D eigenvalue weighted by molar-refractivity contribution is 0.526. The van der Waals surface area contributed by atoms with Crippen LogP contribution in [0.5, 0.6) is 5.75 Å². The molecular formula is C6H6NO2P. The molecule has 0 aliphatic heterocycles. The second-order valence-electron chi connectivity index (χ2n) is 1.70. The molecule has 52 valence electrons. The normalized spacial score (nSPS) is 9.60. The van der Waals surface area contributed by atoms with E-state index < -0.39 is 0 Å². The molecule has 0 saturated carbocycles. The minimum atomic E-state index is -0.380. The molecule has 1 aromatic carbocycles. The van der Waals surface area contributed by atoms with Crippen molar-refractivity contribution >= 4 is 14.4 Å². The predicted octanol–water partition coefficient (Wildman–Crippen LogP) is 1.85. The smallest absolute Gasteiger partial charge is 0.395 e. The van der Waals surface area contributed by atoms with Gasteiger partial charge in [-0.15, -0.1) is 0 Å². The summed E-state index contributed by atoms with van der Waals surface area (Å²) in [5.74, 6) is 0.444. The van der Waals surface area contributed by atoms with Crippen LogP contribution in [-0.4, -0.2) is 0 Å². The fraction of sp³-hybridized carbons (Fsp3) is 0. The molecule has 0 fully saturated rings. The molecule has 0 atom stereocenters. The number of hydrogen-bond acceptors (Lipinski definition) is 3.